The van der Waals surface area contributed by atoms with E-state index in [4.69, 9.17) is 0 Å². The van der Waals surface area contributed by atoms with Crippen LogP contribution in [0.3, 0.4) is 0 Å². The van der Waals surface area contributed by atoms with E-state index in [2.05, 4.69) is 10.4 Å². The molecule has 0 atom stereocenters. The number of amides is 1. The van der Waals surface area contributed by atoms with Crippen molar-refractivity contribution in [1.29, 1.82) is 0 Å². The van der Waals surface area contributed by atoms with Crippen LogP contribution in [0.15, 0.2) is 60.8 Å². The number of halogens is 2. The maximum absolute atomic E-state index is 13.8. The molecule has 2 aromatic carbocycles. The van der Waals surface area contributed by atoms with Crippen molar-refractivity contribution in [1.82, 2.24) is 15.1 Å². The minimum absolute atomic E-state index is 0.128. The van der Waals surface area contributed by atoms with Crippen LogP contribution in [0.5, 0.6) is 0 Å². The van der Waals surface area contributed by atoms with Gasteiger partial charge in [-0.15, -0.1) is 0 Å². The van der Waals surface area contributed by atoms with E-state index in [0.29, 0.717) is 6.54 Å². The fourth-order valence-electron chi connectivity index (χ4n) is 3.08. The molecule has 6 heteroatoms. The smallest absolute Gasteiger partial charge is 0.271 e. The molecule has 26 heavy (non-hydrogen) atoms. The molecule has 0 bridgehead atoms. The minimum atomic E-state index is -0.407. The number of rotatable bonds is 5. The average molecular weight is 353 g/mol. The predicted octanol–water partition coefficient (Wildman–Crippen LogP) is 3.61. The molecule has 0 saturated heterocycles. The van der Waals surface area contributed by atoms with E-state index in [0.717, 1.165) is 18.4 Å². The Labute approximate surface area is 149 Å². The Morgan fingerprint density at radius 2 is 1.81 bits per heavy atom. The molecule has 4 rings (SSSR count). The van der Waals surface area contributed by atoms with Crippen LogP contribution in [0.25, 0.3) is 5.69 Å². The van der Waals surface area contributed by atoms with Crippen LogP contribution in [0.4, 0.5) is 8.78 Å². The number of para-hydroxylation sites is 1. The largest absolute Gasteiger partial charge is 0.350 e. The number of carbonyl (C=O) groups is 1. The van der Waals surface area contributed by atoms with Gasteiger partial charge in [0.25, 0.3) is 5.91 Å². The Balaban J connectivity index is 1.45. The first-order valence-electron chi connectivity index (χ1n) is 8.42. The van der Waals surface area contributed by atoms with Crippen LogP contribution in [0, 0.1) is 11.6 Å². The summed E-state index contributed by atoms with van der Waals surface area (Å²) < 4.78 is 28.3. The van der Waals surface area contributed by atoms with E-state index in [9.17, 15) is 13.6 Å². The Hall–Kier alpha value is -3.02. The van der Waals surface area contributed by atoms with Gasteiger partial charge in [-0.25, -0.2) is 13.5 Å². The summed E-state index contributed by atoms with van der Waals surface area (Å²) in [5, 5.41) is 7.05. The van der Waals surface area contributed by atoms with Crippen molar-refractivity contribution in [2.24, 2.45) is 0 Å². The van der Waals surface area contributed by atoms with Crippen LogP contribution in [0.2, 0.25) is 0 Å². The van der Waals surface area contributed by atoms with Gasteiger partial charge in [-0.05, 0) is 48.7 Å². The monoisotopic (exact) mass is 353 g/mol. The van der Waals surface area contributed by atoms with Gasteiger partial charge in [0.2, 0.25) is 0 Å². The normalized spacial score (nSPS) is 14.8. The minimum Gasteiger partial charge on any atom is -0.350 e. The summed E-state index contributed by atoms with van der Waals surface area (Å²) in [5.41, 5.74) is 1.41. The number of nitrogens with one attached hydrogen (secondary N) is 1. The predicted molar refractivity (Wildman–Crippen MR) is 93.2 cm³/mol. The first kappa shape index (κ1) is 16.4. The van der Waals surface area contributed by atoms with E-state index in [1.807, 2.05) is 0 Å². The summed E-state index contributed by atoms with van der Waals surface area (Å²) in [7, 11) is 0. The van der Waals surface area contributed by atoms with Gasteiger partial charge in [-0.1, -0.05) is 24.3 Å². The lowest BCUT2D eigenvalue weighted by molar-refractivity contribution is 0.0944. The number of aromatic nitrogens is 2. The van der Waals surface area contributed by atoms with Gasteiger partial charge in [-0.3, -0.25) is 4.79 Å². The zero-order valence-electron chi connectivity index (χ0n) is 14.0. The lowest BCUT2D eigenvalue weighted by atomic mass is 9.96. The van der Waals surface area contributed by atoms with E-state index in [1.165, 1.54) is 22.9 Å². The summed E-state index contributed by atoms with van der Waals surface area (Å²) in [4.78, 5) is 12.4. The molecule has 0 radical (unpaired) electrons. The molecule has 1 amide bonds. The van der Waals surface area contributed by atoms with E-state index in [1.54, 1.807) is 42.6 Å². The molecule has 1 N–H and O–H groups in total. The fraction of sp³-hybridized carbons (Fsp3) is 0.200. The number of benzene rings is 2. The molecule has 4 nitrogen and oxygen atoms in total. The second-order valence-electron chi connectivity index (χ2n) is 6.57. The third kappa shape index (κ3) is 3.10. The second-order valence-corrected chi connectivity index (χ2v) is 6.57. The molecule has 1 fully saturated rings. The molecule has 3 aromatic rings. The van der Waals surface area contributed by atoms with Crippen LogP contribution < -0.4 is 5.32 Å². The molecule has 0 aliphatic heterocycles. The summed E-state index contributed by atoms with van der Waals surface area (Å²) >= 11 is 0. The molecule has 0 unspecified atom stereocenters. The Morgan fingerprint density at radius 1 is 1.08 bits per heavy atom. The fourth-order valence-corrected chi connectivity index (χ4v) is 3.08. The molecule has 1 saturated carbocycles. The van der Waals surface area contributed by atoms with E-state index >= 15 is 0 Å². The highest BCUT2D eigenvalue weighted by Gasteiger charge is 2.44. The SMILES string of the molecule is O=C(NCC1(c2ccc(F)cc2)CC1)c1ccn(-c2ccccc2F)n1. The maximum atomic E-state index is 13.8. The number of hydrogen-bond donors (Lipinski definition) is 1. The Kier molecular flexibility index (Phi) is 4.03. The first-order chi connectivity index (χ1) is 12.6. The third-order valence-electron chi connectivity index (χ3n) is 4.82. The quantitative estimate of drug-likeness (QED) is 0.762. The van der Waals surface area contributed by atoms with Crippen LogP contribution >= 0.6 is 0 Å². The van der Waals surface area contributed by atoms with Crippen molar-refractivity contribution in [2.75, 3.05) is 6.54 Å². The third-order valence-corrected chi connectivity index (χ3v) is 4.82. The summed E-state index contributed by atoms with van der Waals surface area (Å²) in [6, 6.07) is 14.2. The molecular formula is C20H17F2N3O. The molecule has 132 valence electrons. The maximum Gasteiger partial charge on any atom is 0.271 e. The van der Waals surface area contributed by atoms with Crippen molar-refractivity contribution in [3.63, 3.8) is 0 Å². The summed E-state index contributed by atoms with van der Waals surface area (Å²) in [6.45, 7) is 0.462. The highest BCUT2D eigenvalue weighted by Crippen LogP contribution is 2.47. The summed E-state index contributed by atoms with van der Waals surface area (Å²) in [6.07, 6.45) is 3.45. The molecule has 1 aliphatic carbocycles. The lowest BCUT2D eigenvalue weighted by Crippen LogP contribution is -2.32. The average Bonchev–Trinajstić information content (AvgIpc) is 3.28. The zero-order valence-corrected chi connectivity index (χ0v) is 14.0. The van der Waals surface area contributed by atoms with Crippen LogP contribution in [-0.2, 0) is 5.41 Å². The zero-order chi connectivity index (χ0) is 18.1. The van der Waals surface area contributed by atoms with Crippen molar-refractivity contribution in [2.45, 2.75) is 18.3 Å². The Morgan fingerprint density at radius 3 is 2.50 bits per heavy atom. The standard InChI is InChI=1S/C20H17F2N3O/c21-15-7-5-14(6-8-15)20(10-11-20)13-23-19(26)17-9-12-25(24-17)18-4-2-1-3-16(18)22/h1-9,12H,10-11,13H2,(H,23,26). The van der Waals surface area contributed by atoms with E-state index in [-0.39, 0.29) is 28.5 Å². The van der Waals surface area contributed by atoms with Gasteiger partial charge < -0.3 is 5.32 Å². The van der Waals surface area contributed by atoms with Crippen molar-refractivity contribution in [3.8, 4) is 5.69 Å². The molecule has 1 aromatic heterocycles. The van der Waals surface area contributed by atoms with Crippen LogP contribution in [-0.4, -0.2) is 22.2 Å². The van der Waals surface area contributed by atoms with Gasteiger partial charge in [0.15, 0.2) is 5.69 Å². The number of carbonyl (C=O) groups excluding carboxylic acids is 1. The van der Waals surface area contributed by atoms with E-state index < -0.39 is 5.82 Å². The van der Waals surface area contributed by atoms with Gasteiger partial charge in [0.1, 0.15) is 17.3 Å². The molecule has 1 heterocycles. The van der Waals surface area contributed by atoms with Gasteiger partial charge in [0.05, 0.1) is 0 Å². The number of hydrogen-bond acceptors (Lipinski definition) is 2. The van der Waals surface area contributed by atoms with Gasteiger partial charge in [0, 0.05) is 18.2 Å². The number of nitrogens with zero attached hydrogens (tertiary/aromatic N) is 2. The Bertz CT molecular complexity index is 946. The highest BCUT2D eigenvalue weighted by atomic mass is 19.1. The summed E-state index contributed by atoms with van der Waals surface area (Å²) in [5.74, 6) is -0.989. The van der Waals surface area contributed by atoms with Gasteiger partial charge in [-0.2, -0.15) is 5.10 Å². The van der Waals surface area contributed by atoms with Crippen molar-refractivity contribution in [3.05, 3.63) is 83.7 Å². The molecule has 0 spiro atoms. The molecular weight excluding hydrogens is 336 g/mol. The highest BCUT2D eigenvalue weighted by molar-refractivity contribution is 5.92. The van der Waals surface area contributed by atoms with Crippen molar-refractivity contribution < 1.29 is 13.6 Å². The topological polar surface area (TPSA) is 46.9 Å². The van der Waals surface area contributed by atoms with Gasteiger partial charge >= 0.3 is 0 Å². The lowest BCUT2D eigenvalue weighted by Gasteiger charge is -2.16. The second kappa shape index (κ2) is 6.37. The molecule has 1 aliphatic rings. The van der Waals surface area contributed by atoms with Crippen molar-refractivity contribution >= 4 is 5.91 Å². The first-order valence-corrected chi connectivity index (χ1v) is 8.42. The van der Waals surface area contributed by atoms with Crippen LogP contribution in [0.1, 0.15) is 28.9 Å².